The fourth-order valence-electron chi connectivity index (χ4n) is 2.44. The SMILES string of the molecule is CC(=O)NCc1cccc(-c2csc(NC(N)=NCc3ccccc3)n2)c1. The van der Waals surface area contributed by atoms with Crippen molar-refractivity contribution >= 4 is 28.3 Å². The lowest BCUT2D eigenvalue weighted by atomic mass is 10.1. The summed E-state index contributed by atoms with van der Waals surface area (Å²) in [5.41, 5.74) is 9.91. The minimum Gasteiger partial charge on any atom is -0.370 e. The van der Waals surface area contributed by atoms with E-state index in [1.165, 1.54) is 18.3 Å². The molecule has 0 fully saturated rings. The van der Waals surface area contributed by atoms with Crippen LogP contribution in [-0.4, -0.2) is 16.9 Å². The Morgan fingerprint density at radius 3 is 2.70 bits per heavy atom. The second-order valence-electron chi connectivity index (χ2n) is 5.96. The van der Waals surface area contributed by atoms with Gasteiger partial charge < -0.3 is 16.4 Å². The van der Waals surface area contributed by atoms with Gasteiger partial charge in [0.15, 0.2) is 11.1 Å². The summed E-state index contributed by atoms with van der Waals surface area (Å²) in [7, 11) is 0. The van der Waals surface area contributed by atoms with Gasteiger partial charge in [0.05, 0.1) is 12.2 Å². The minimum atomic E-state index is -0.0502. The summed E-state index contributed by atoms with van der Waals surface area (Å²) in [6.45, 7) is 2.52. The van der Waals surface area contributed by atoms with Crippen LogP contribution < -0.4 is 16.4 Å². The normalized spacial score (nSPS) is 11.2. The van der Waals surface area contributed by atoms with Gasteiger partial charge in [-0.25, -0.2) is 9.98 Å². The van der Waals surface area contributed by atoms with Crippen LogP contribution in [0.4, 0.5) is 5.13 Å². The molecule has 1 amide bonds. The van der Waals surface area contributed by atoms with Crippen molar-refractivity contribution < 1.29 is 4.79 Å². The van der Waals surface area contributed by atoms with Gasteiger partial charge in [0.1, 0.15) is 0 Å². The maximum Gasteiger partial charge on any atom is 0.217 e. The summed E-state index contributed by atoms with van der Waals surface area (Å²) < 4.78 is 0. The molecule has 2 aromatic carbocycles. The molecule has 1 heterocycles. The molecule has 6 nitrogen and oxygen atoms in total. The zero-order chi connectivity index (χ0) is 19.1. The minimum absolute atomic E-state index is 0.0502. The zero-order valence-electron chi connectivity index (χ0n) is 15.0. The number of nitrogens with two attached hydrogens (primary N) is 1. The van der Waals surface area contributed by atoms with Crippen molar-refractivity contribution in [1.82, 2.24) is 10.3 Å². The molecule has 138 valence electrons. The van der Waals surface area contributed by atoms with Crippen LogP contribution in [-0.2, 0) is 17.9 Å². The van der Waals surface area contributed by atoms with Gasteiger partial charge >= 0.3 is 0 Å². The number of benzene rings is 2. The van der Waals surface area contributed by atoms with Crippen LogP contribution in [0.1, 0.15) is 18.1 Å². The third-order valence-corrected chi connectivity index (χ3v) is 4.54. The molecular formula is C20H21N5OS. The summed E-state index contributed by atoms with van der Waals surface area (Å²) in [4.78, 5) is 20.0. The number of nitrogens with zero attached hydrogens (tertiary/aromatic N) is 2. The fraction of sp³-hybridized carbons (Fsp3) is 0.150. The van der Waals surface area contributed by atoms with Crippen LogP contribution in [0.15, 0.2) is 65.0 Å². The molecule has 3 aromatic rings. The van der Waals surface area contributed by atoms with Crippen molar-refractivity contribution in [3.8, 4) is 11.3 Å². The number of thiazole rings is 1. The number of amides is 1. The van der Waals surface area contributed by atoms with Gasteiger partial charge in [0, 0.05) is 24.4 Å². The Kier molecular flexibility index (Phi) is 6.17. The molecule has 3 rings (SSSR count). The Morgan fingerprint density at radius 1 is 1.15 bits per heavy atom. The highest BCUT2D eigenvalue weighted by Gasteiger charge is 2.06. The molecular weight excluding hydrogens is 358 g/mol. The molecule has 1 aromatic heterocycles. The molecule has 0 aliphatic heterocycles. The van der Waals surface area contributed by atoms with E-state index in [4.69, 9.17) is 5.73 Å². The number of aromatic nitrogens is 1. The number of rotatable bonds is 6. The van der Waals surface area contributed by atoms with Gasteiger partial charge in [-0.3, -0.25) is 4.79 Å². The molecule has 4 N–H and O–H groups in total. The molecule has 0 bridgehead atoms. The van der Waals surface area contributed by atoms with E-state index in [0.717, 1.165) is 22.4 Å². The van der Waals surface area contributed by atoms with Crippen molar-refractivity contribution in [3.63, 3.8) is 0 Å². The molecule has 0 spiro atoms. The first-order chi connectivity index (χ1) is 13.1. The van der Waals surface area contributed by atoms with Gasteiger partial charge in [-0.1, -0.05) is 48.5 Å². The predicted molar refractivity (Wildman–Crippen MR) is 110 cm³/mol. The largest absolute Gasteiger partial charge is 0.370 e. The zero-order valence-corrected chi connectivity index (χ0v) is 15.8. The predicted octanol–water partition coefficient (Wildman–Crippen LogP) is 3.37. The molecule has 0 atom stereocenters. The molecule has 27 heavy (non-hydrogen) atoms. The third-order valence-electron chi connectivity index (χ3n) is 3.78. The van der Waals surface area contributed by atoms with Crippen molar-refractivity contribution in [1.29, 1.82) is 0 Å². The number of carbonyl (C=O) groups is 1. The highest BCUT2D eigenvalue weighted by molar-refractivity contribution is 7.14. The molecule has 0 unspecified atom stereocenters. The molecule has 0 saturated carbocycles. The fourth-order valence-corrected chi connectivity index (χ4v) is 3.17. The molecule has 0 aliphatic carbocycles. The molecule has 0 aliphatic rings. The second kappa shape index (κ2) is 8.95. The Labute approximate surface area is 162 Å². The molecule has 0 radical (unpaired) electrons. The maximum absolute atomic E-state index is 11.1. The number of nitrogens with one attached hydrogen (secondary N) is 2. The lowest BCUT2D eigenvalue weighted by Crippen LogP contribution is -2.22. The standard InChI is InChI=1S/C20H21N5OS/c1-14(26)22-12-16-8-5-9-17(10-16)18-13-27-20(24-18)25-19(21)23-11-15-6-3-2-4-7-15/h2-10,13H,11-12H2,1H3,(H,22,26)(H3,21,23,24,25). The van der Waals surface area contributed by atoms with Crippen molar-refractivity contribution in [2.24, 2.45) is 10.7 Å². The smallest absolute Gasteiger partial charge is 0.217 e. The number of carbonyl (C=O) groups excluding carboxylic acids is 1. The quantitative estimate of drug-likeness (QED) is 0.452. The second-order valence-corrected chi connectivity index (χ2v) is 6.82. The van der Waals surface area contributed by atoms with Crippen LogP contribution in [0.3, 0.4) is 0 Å². The van der Waals surface area contributed by atoms with Crippen LogP contribution >= 0.6 is 11.3 Å². The van der Waals surface area contributed by atoms with Crippen LogP contribution in [0.25, 0.3) is 11.3 Å². The van der Waals surface area contributed by atoms with E-state index in [2.05, 4.69) is 20.6 Å². The summed E-state index contributed by atoms with van der Waals surface area (Å²) in [6.07, 6.45) is 0. The van der Waals surface area contributed by atoms with E-state index < -0.39 is 0 Å². The van der Waals surface area contributed by atoms with Crippen molar-refractivity contribution in [3.05, 3.63) is 71.1 Å². The molecule has 7 heteroatoms. The average Bonchev–Trinajstić information content (AvgIpc) is 3.14. The van der Waals surface area contributed by atoms with Crippen molar-refractivity contribution in [2.45, 2.75) is 20.0 Å². The van der Waals surface area contributed by atoms with E-state index in [0.29, 0.717) is 24.2 Å². The average molecular weight is 379 g/mol. The number of guanidine groups is 1. The molecule has 0 saturated heterocycles. The summed E-state index contributed by atoms with van der Waals surface area (Å²) in [5, 5.41) is 8.48. The number of hydrogen-bond acceptors (Lipinski definition) is 4. The first-order valence-electron chi connectivity index (χ1n) is 8.50. The van der Waals surface area contributed by atoms with E-state index >= 15 is 0 Å². The van der Waals surface area contributed by atoms with Crippen LogP contribution in [0.5, 0.6) is 0 Å². The van der Waals surface area contributed by atoms with E-state index in [1.807, 2.05) is 60.0 Å². The lowest BCUT2D eigenvalue weighted by Gasteiger charge is -2.04. The monoisotopic (exact) mass is 379 g/mol. The van der Waals surface area contributed by atoms with Crippen LogP contribution in [0.2, 0.25) is 0 Å². The summed E-state index contributed by atoms with van der Waals surface area (Å²) >= 11 is 1.47. The number of aliphatic imine (C=N–C) groups is 1. The summed E-state index contributed by atoms with van der Waals surface area (Å²) in [5.74, 6) is 0.282. The lowest BCUT2D eigenvalue weighted by molar-refractivity contribution is -0.119. The Bertz CT molecular complexity index is 936. The maximum atomic E-state index is 11.1. The number of hydrogen-bond donors (Lipinski definition) is 3. The topological polar surface area (TPSA) is 92.4 Å². The van der Waals surface area contributed by atoms with Gasteiger partial charge in [-0.05, 0) is 17.2 Å². The Balaban J connectivity index is 1.64. The Morgan fingerprint density at radius 2 is 1.93 bits per heavy atom. The number of anilines is 1. The Hall–Kier alpha value is -3.19. The van der Waals surface area contributed by atoms with Crippen LogP contribution in [0, 0.1) is 0 Å². The van der Waals surface area contributed by atoms with Crippen molar-refractivity contribution in [2.75, 3.05) is 5.32 Å². The first kappa shape index (κ1) is 18.6. The van der Waals surface area contributed by atoms with Gasteiger partial charge in [-0.15, -0.1) is 11.3 Å². The highest BCUT2D eigenvalue weighted by Crippen LogP contribution is 2.25. The van der Waals surface area contributed by atoms with E-state index in [-0.39, 0.29) is 5.91 Å². The van der Waals surface area contributed by atoms with E-state index in [1.54, 1.807) is 0 Å². The highest BCUT2D eigenvalue weighted by atomic mass is 32.1. The summed E-state index contributed by atoms with van der Waals surface area (Å²) in [6, 6.07) is 17.9. The van der Waals surface area contributed by atoms with Gasteiger partial charge in [0.2, 0.25) is 5.91 Å². The van der Waals surface area contributed by atoms with Gasteiger partial charge in [0.25, 0.3) is 0 Å². The first-order valence-corrected chi connectivity index (χ1v) is 9.38. The third kappa shape index (κ3) is 5.65. The van der Waals surface area contributed by atoms with Gasteiger partial charge in [-0.2, -0.15) is 0 Å². The van der Waals surface area contributed by atoms with E-state index in [9.17, 15) is 4.79 Å².